The predicted octanol–water partition coefficient (Wildman–Crippen LogP) is 2.13. The van der Waals surface area contributed by atoms with Crippen LogP contribution in [-0.4, -0.2) is 17.6 Å². The lowest BCUT2D eigenvalue weighted by atomic mass is 11.3. The number of hydrogen-bond acceptors (Lipinski definition) is 0. The van der Waals surface area contributed by atoms with Gasteiger partial charge in [-0.1, -0.05) is 25.3 Å². The molecule has 0 saturated carbocycles. The van der Waals surface area contributed by atoms with Crippen molar-refractivity contribution in [3.8, 4) is 0 Å². The number of rotatable bonds is 3. The Kier molecular flexibility index (Phi) is 3.32. The van der Waals surface area contributed by atoms with E-state index in [1.54, 1.807) is 0 Å². The lowest BCUT2D eigenvalue weighted by Gasteiger charge is -2.12. The van der Waals surface area contributed by atoms with Gasteiger partial charge >= 0.3 is 0 Å². The van der Waals surface area contributed by atoms with Crippen LogP contribution in [0.5, 0.6) is 0 Å². The molecule has 0 aliphatic rings. The summed E-state index contributed by atoms with van der Waals surface area (Å²) in [6.07, 6.45) is 0. The molecule has 0 spiro atoms. The third-order valence-corrected chi connectivity index (χ3v) is 6.12. The van der Waals surface area contributed by atoms with Crippen molar-refractivity contribution in [1.29, 1.82) is 0 Å². The molecule has 0 amide bonds. The highest BCUT2D eigenvalue weighted by atomic mass is 28.4. The molecule has 0 aliphatic carbocycles. The highest BCUT2D eigenvalue weighted by Gasteiger charge is 2.10. The maximum Gasteiger partial charge on any atom is 0.0665 e. The molecule has 0 aliphatic heterocycles. The maximum atomic E-state index is 3.70. The Bertz CT molecular complexity index is 71.1. The summed E-state index contributed by atoms with van der Waals surface area (Å²) in [5, 5.41) is 0. The molecule has 0 heterocycles. The van der Waals surface area contributed by atoms with Gasteiger partial charge in [-0.2, -0.15) is 0 Å². The van der Waals surface area contributed by atoms with E-state index in [-0.39, 0.29) is 0 Å². The third kappa shape index (κ3) is 6.17. The minimum atomic E-state index is -0.737. The van der Waals surface area contributed by atoms with Gasteiger partial charge in [-0.25, -0.2) is 0 Å². The highest BCUT2D eigenvalue weighted by Crippen LogP contribution is 2.05. The molecule has 46 valence electrons. The summed E-state index contributed by atoms with van der Waals surface area (Å²) in [5.74, 6) is 0. The van der Waals surface area contributed by atoms with Crippen LogP contribution in [0.4, 0.5) is 0 Å². The van der Waals surface area contributed by atoms with Crippen LogP contribution in [0.2, 0.25) is 25.3 Å². The molecule has 0 rings (SSSR count). The molecule has 0 N–H and O–H groups in total. The van der Waals surface area contributed by atoms with Crippen molar-refractivity contribution in [2.45, 2.75) is 25.3 Å². The van der Waals surface area contributed by atoms with Crippen LogP contribution >= 0.6 is 0 Å². The normalized spacial score (nSPS) is 11.4. The van der Waals surface area contributed by atoms with Gasteiger partial charge in [0.15, 0.2) is 0 Å². The molecule has 2 radical (unpaired) electrons. The molecule has 0 aromatic heterocycles. The molecular formula is C6H14Si2. The summed E-state index contributed by atoms with van der Waals surface area (Å²) in [5.41, 5.74) is 3.45. The molecule has 0 bridgehead atoms. The second-order valence-corrected chi connectivity index (χ2v) is 10.5. The monoisotopic (exact) mass is 142 g/mol. The van der Waals surface area contributed by atoms with Gasteiger partial charge in [0.2, 0.25) is 0 Å². The zero-order valence-electron chi connectivity index (χ0n) is 5.99. The largest absolute Gasteiger partial charge is 0.107 e. The first-order valence-corrected chi connectivity index (χ1v) is 7.90. The summed E-state index contributed by atoms with van der Waals surface area (Å²) in [6.45, 7) is 10.9. The number of hydrogen-bond donors (Lipinski definition) is 0. The van der Waals surface area contributed by atoms with Crippen LogP contribution in [0.15, 0.2) is 12.3 Å². The standard InChI is InChI=1S/C6H14Si2/c1-5-7-6-8(2,3)4/h5H,1,6H2,2-4H3. The lowest BCUT2D eigenvalue weighted by Crippen LogP contribution is -2.21. The van der Waals surface area contributed by atoms with Crippen molar-refractivity contribution in [2.75, 3.05) is 0 Å². The first kappa shape index (κ1) is 8.17. The van der Waals surface area contributed by atoms with Crippen molar-refractivity contribution in [1.82, 2.24) is 0 Å². The van der Waals surface area contributed by atoms with Crippen LogP contribution in [-0.2, 0) is 0 Å². The Morgan fingerprint density at radius 2 is 2.00 bits per heavy atom. The Balaban J connectivity index is 3.24. The van der Waals surface area contributed by atoms with Gasteiger partial charge in [0.1, 0.15) is 0 Å². The van der Waals surface area contributed by atoms with Gasteiger partial charge in [0.25, 0.3) is 0 Å². The van der Waals surface area contributed by atoms with E-state index < -0.39 is 8.07 Å². The van der Waals surface area contributed by atoms with E-state index in [0.29, 0.717) is 0 Å². The third-order valence-electron chi connectivity index (χ3n) is 0.777. The molecule has 0 unspecified atom stereocenters. The first-order chi connectivity index (χ1) is 3.56. The van der Waals surface area contributed by atoms with E-state index in [1.165, 1.54) is 5.67 Å². The molecule has 2 heteroatoms. The van der Waals surface area contributed by atoms with Gasteiger partial charge in [-0.05, 0) is 0 Å². The second-order valence-electron chi connectivity index (χ2n) is 3.15. The fraction of sp³-hybridized carbons (Fsp3) is 0.667. The molecule has 0 aromatic carbocycles. The van der Waals surface area contributed by atoms with E-state index >= 15 is 0 Å². The zero-order valence-corrected chi connectivity index (χ0v) is 7.99. The van der Waals surface area contributed by atoms with E-state index in [1.807, 2.05) is 5.70 Å². The molecule has 0 saturated heterocycles. The Labute approximate surface area is 55.8 Å². The molecular weight excluding hydrogens is 128 g/mol. The summed E-state index contributed by atoms with van der Waals surface area (Å²) in [4.78, 5) is 0. The summed E-state index contributed by atoms with van der Waals surface area (Å²) < 4.78 is 0. The van der Waals surface area contributed by atoms with Crippen molar-refractivity contribution < 1.29 is 0 Å². The van der Waals surface area contributed by atoms with Crippen molar-refractivity contribution in [3.63, 3.8) is 0 Å². The summed E-state index contributed by atoms with van der Waals surface area (Å²) in [6, 6.07) is 0. The van der Waals surface area contributed by atoms with Crippen LogP contribution in [0.25, 0.3) is 0 Å². The summed E-state index contributed by atoms with van der Waals surface area (Å²) >= 11 is 0. The SMILES string of the molecule is C=C[Si]C[Si](C)(C)C. The molecule has 0 nitrogen and oxygen atoms in total. The molecule has 0 atom stereocenters. The van der Waals surface area contributed by atoms with Crippen molar-refractivity contribution in [2.24, 2.45) is 0 Å². The van der Waals surface area contributed by atoms with Crippen LogP contribution in [0, 0.1) is 0 Å². The van der Waals surface area contributed by atoms with Gasteiger partial charge in [0.05, 0.1) is 9.52 Å². The fourth-order valence-electron chi connectivity index (χ4n) is 0.378. The van der Waals surface area contributed by atoms with E-state index in [2.05, 4.69) is 26.2 Å². The average molecular weight is 142 g/mol. The van der Waals surface area contributed by atoms with E-state index in [9.17, 15) is 0 Å². The van der Waals surface area contributed by atoms with Gasteiger partial charge in [-0.3, -0.25) is 0 Å². The molecule has 0 fully saturated rings. The van der Waals surface area contributed by atoms with Crippen LogP contribution in [0.3, 0.4) is 0 Å². The minimum absolute atomic E-state index is 0.737. The maximum absolute atomic E-state index is 3.70. The van der Waals surface area contributed by atoms with Crippen LogP contribution < -0.4 is 0 Å². The first-order valence-electron chi connectivity index (χ1n) is 2.90. The topological polar surface area (TPSA) is 0 Å². The lowest BCUT2D eigenvalue weighted by molar-refractivity contribution is 1.64. The summed E-state index contributed by atoms with van der Waals surface area (Å²) in [7, 11) is 0.255. The Morgan fingerprint density at radius 3 is 2.12 bits per heavy atom. The van der Waals surface area contributed by atoms with E-state index in [0.717, 1.165) is 9.52 Å². The second kappa shape index (κ2) is 3.25. The van der Waals surface area contributed by atoms with Crippen molar-refractivity contribution in [3.05, 3.63) is 12.3 Å². The Morgan fingerprint density at radius 1 is 1.50 bits per heavy atom. The zero-order chi connectivity index (χ0) is 6.62. The van der Waals surface area contributed by atoms with Crippen molar-refractivity contribution >= 4 is 17.6 Å². The Hall–Kier alpha value is 0.174. The fourth-order valence-corrected chi connectivity index (χ4v) is 3.41. The quantitative estimate of drug-likeness (QED) is 0.530. The average Bonchev–Trinajstić information content (AvgIpc) is 1.59. The van der Waals surface area contributed by atoms with Crippen LogP contribution in [0.1, 0.15) is 0 Å². The van der Waals surface area contributed by atoms with Gasteiger partial charge in [0, 0.05) is 8.07 Å². The molecule has 8 heavy (non-hydrogen) atoms. The van der Waals surface area contributed by atoms with E-state index in [4.69, 9.17) is 0 Å². The predicted molar refractivity (Wildman–Crippen MR) is 44.1 cm³/mol. The molecule has 0 aromatic rings. The minimum Gasteiger partial charge on any atom is -0.107 e. The van der Waals surface area contributed by atoms with Gasteiger partial charge in [-0.15, -0.1) is 12.3 Å². The smallest absolute Gasteiger partial charge is 0.0665 e. The van der Waals surface area contributed by atoms with Gasteiger partial charge < -0.3 is 0 Å². The highest BCUT2D eigenvalue weighted by molar-refractivity contribution is 6.83.